The third-order valence-corrected chi connectivity index (χ3v) is 4.65. The average molecular weight is 374 g/mol. The molecule has 0 unspecified atom stereocenters. The van der Waals surface area contributed by atoms with Crippen molar-refractivity contribution in [3.8, 4) is 5.75 Å². The summed E-state index contributed by atoms with van der Waals surface area (Å²) in [6.45, 7) is 2.79. The molecule has 1 aliphatic rings. The van der Waals surface area contributed by atoms with E-state index in [1.807, 2.05) is 18.3 Å². The van der Waals surface area contributed by atoms with E-state index < -0.39 is 0 Å². The molecule has 4 nitrogen and oxygen atoms in total. The lowest BCUT2D eigenvalue weighted by Crippen LogP contribution is -2.37. The highest BCUT2D eigenvalue weighted by Gasteiger charge is 2.21. The van der Waals surface area contributed by atoms with Crippen LogP contribution in [0.3, 0.4) is 0 Å². The van der Waals surface area contributed by atoms with E-state index in [1.54, 1.807) is 24.7 Å². The molecular weight excluding hydrogens is 353 g/mol. The molecule has 6 heteroatoms. The Morgan fingerprint density at radius 1 is 1.04 bits per heavy atom. The van der Waals surface area contributed by atoms with Gasteiger partial charge < -0.3 is 4.74 Å². The number of likely N-dealkylation sites (tertiary alicyclic amines) is 1. The van der Waals surface area contributed by atoms with E-state index in [2.05, 4.69) is 20.9 Å². The van der Waals surface area contributed by atoms with E-state index in [0.717, 1.165) is 43.2 Å². The molecule has 3 heterocycles. The highest BCUT2D eigenvalue weighted by molar-refractivity contribution is 5.85. The predicted octanol–water partition coefficient (Wildman–Crippen LogP) is 4.23. The first kappa shape index (κ1) is 18.5. The van der Waals surface area contributed by atoms with Gasteiger partial charge in [-0.3, -0.25) is 14.9 Å². The third kappa shape index (κ3) is 4.29. The maximum absolute atomic E-state index is 14.3. The highest BCUT2D eigenvalue weighted by atomic mass is 35.5. The summed E-state index contributed by atoms with van der Waals surface area (Å²) in [5.74, 6) is 0.0164. The van der Waals surface area contributed by atoms with Crippen molar-refractivity contribution in [1.29, 1.82) is 0 Å². The number of fused-ring (bicyclic) bond motifs is 1. The number of rotatable bonds is 4. The molecule has 0 spiro atoms. The van der Waals surface area contributed by atoms with Crippen LogP contribution in [-0.2, 0) is 6.54 Å². The molecule has 1 saturated heterocycles. The normalized spacial score (nSPS) is 15.6. The first-order chi connectivity index (χ1) is 12.3. The van der Waals surface area contributed by atoms with Gasteiger partial charge in [0.15, 0.2) is 11.6 Å². The topological polar surface area (TPSA) is 38.2 Å². The van der Waals surface area contributed by atoms with Crippen LogP contribution in [0.25, 0.3) is 10.8 Å². The molecule has 4 rings (SSSR count). The number of pyridine rings is 2. The van der Waals surface area contributed by atoms with Crippen molar-refractivity contribution in [3.63, 3.8) is 0 Å². The molecule has 0 bridgehead atoms. The Morgan fingerprint density at radius 3 is 2.62 bits per heavy atom. The second-order valence-electron chi connectivity index (χ2n) is 6.46. The zero-order valence-corrected chi connectivity index (χ0v) is 15.2. The summed E-state index contributed by atoms with van der Waals surface area (Å²) in [6.07, 6.45) is 8.92. The van der Waals surface area contributed by atoms with Crippen LogP contribution in [0, 0.1) is 5.82 Å². The van der Waals surface area contributed by atoms with Crippen molar-refractivity contribution in [3.05, 3.63) is 66.5 Å². The van der Waals surface area contributed by atoms with Gasteiger partial charge in [-0.25, -0.2) is 4.39 Å². The van der Waals surface area contributed by atoms with Gasteiger partial charge in [-0.05, 0) is 48.1 Å². The fraction of sp³-hybridized carbons (Fsp3) is 0.300. The molecular formula is C20H21ClFN3O. The van der Waals surface area contributed by atoms with Crippen LogP contribution in [0.15, 0.2) is 55.1 Å². The fourth-order valence-electron chi connectivity index (χ4n) is 3.29. The van der Waals surface area contributed by atoms with Crippen molar-refractivity contribution < 1.29 is 9.13 Å². The van der Waals surface area contributed by atoms with Gasteiger partial charge in [0.2, 0.25) is 0 Å². The summed E-state index contributed by atoms with van der Waals surface area (Å²) in [4.78, 5) is 10.6. The molecule has 0 saturated carbocycles. The van der Waals surface area contributed by atoms with Crippen LogP contribution in [0.2, 0.25) is 0 Å². The van der Waals surface area contributed by atoms with Crippen molar-refractivity contribution in [2.75, 3.05) is 13.1 Å². The summed E-state index contributed by atoms with van der Waals surface area (Å²) in [7, 11) is 0. The minimum atomic E-state index is -0.321. The summed E-state index contributed by atoms with van der Waals surface area (Å²) in [5.41, 5.74) is 1.22. The Labute approximate surface area is 158 Å². The standard InChI is InChI=1S/C20H20FN3O.ClH/c21-19-10-17-13-23-7-3-16(17)11-20(19)25-18-4-8-24(9-5-18)14-15-2-1-6-22-12-15;/h1-3,6-7,10-13,18H,4-5,8-9,14H2;1H. The van der Waals surface area contributed by atoms with E-state index in [0.29, 0.717) is 5.75 Å². The molecule has 1 aromatic carbocycles. The predicted molar refractivity (Wildman–Crippen MR) is 102 cm³/mol. The van der Waals surface area contributed by atoms with Gasteiger partial charge in [-0.1, -0.05) is 6.07 Å². The second-order valence-corrected chi connectivity index (χ2v) is 6.46. The van der Waals surface area contributed by atoms with E-state index in [1.165, 1.54) is 11.6 Å². The molecule has 2 aromatic heterocycles. The summed E-state index contributed by atoms with van der Waals surface area (Å²) < 4.78 is 20.2. The van der Waals surface area contributed by atoms with Gasteiger partial charge in [0, 0.05) is 49.8 Å². The second kappa shape index (κ2) is 8.43. The quantitative estimate of drug-likeness (QED) is 0.685. The van der Waals surface area contributed by atoms with Crippen molar-refractivity contribution >= 4 is 23.2 Å². The minimum Gasteiger partial charge on any atom is -0.487 e. The molecule has 1 fully saturated rings. The molecule has 0 radical (unpaired) electrons. The number of nitrogens with zero attached hydrogens (tertiary/aromatic N) is 3. The number of piperidine rings is 1. The average Bonchev–Trinajstić information content (AvgIpc) is 2.65. The van der Waals surface area contributed by atoms with Gasteiger partial charge >= 0.3 is 0 Å². The number of hydrogen-bond donors (Lipinski definition) is 0. The highest BCUT2D eigenvalue weighted by Crippen LogP contribution is 2.27. The van der Waals surface area contributed by atoms with Crippen LogP contribution < -0.4 is 4.74 Å². The Hall–Kier alpha value is -2.24. The van der Waals surface area contributed by atoms with Crippen LogP contribution in [0.4, 0.5) is 4.39 Å². The maximum atomic E-state index is 14.3. The Balaban J connectivity index is 0.00000196. The van der Waals surface area contributed by atoms with E-state index in [4.69, 9.17) is 4.74 Å². The smallest absolute Gasteiger partial charge is 0.165 e. The summed E-state index contributed by atoms with van der Waals surface area (Å²) in [6, 6.07) is 9.19. The number of ether oxygens (including phenoxy) is 1. The number of halogens is 2. The van der Waals surface area contributed by atoms with Crippen molar-refractivity contribution in [1.82, 2.24) is 14.9 Å². The molecule has 3 aromatic rings. The largest absolute Gasteiger partial charge is 0.487 e. The number of hydrogen-bond acceptors (Lipinski definition) is 4. The third-order valence-electron chi connectivity index (χ3n) is 4.65. The molecule has 26 heavy (non-hydrogen) atoms. The molecule has 0 aliphatic carbocycles. The zero-order chi connectivity index (χ0) is 17.1. The van der Waals surface area contributed by atoms with Gasteiger partial charge in [-0.2, -0.15) is 0 Å². The minimum absolute atomic E-state index is 0. The van der Waals surface area contributed by atoms with Gasteiger partial charge in [-0.15, -0.1) is 12.4 Å². The van der Waals surface area contributed by atoms with E-state index >= 15 is 0 Å². The van der Waals surface area contributed by atoms with Gasteiger partial charge in [0.1, 0.15) is 6.10 Å². The monoisotopic (exact) mass is 373 g/mol. The lowest BCUT2D eigenvalue weighted by molar-refractivity contribution is 0.0936. The molecule has 1 aliphatic heterocycles. The van der Waals surface area contributed by atoms with Gasteiger partial charge in [0.25, 0.3) is 0 Å². The molecule has 0 atom stereocenters. The van der Waals surface area contributed by atoms with Crippen molar-refractivity contribution in [2.45, 2.75) is 25.5 Å². The summed E-state index contributed by atoms with van der Waals surface area (Å²) >= 11 is 0. The maximum Gasteiger partial charge on any atom is 0.165 e. The van der Waals surface area contributed by atoms with Crippen molar-refractivity contribution in [2.24, 2.45) is 0 Å². The SMILES string of the molecule is Cl.Fc1cc2cnccc2cc1OC1CCN(Cc2cccnc2)CC1. The fourth-order valence-corrected chi connectivity index (χ4v) is 3.29. The van der Waals surface area contributed by atoms with Gasteiger partial charge in [0.05, 0.1) is 0 Å². The van der Waals surface area contributed by atoms with Crippen LogP contribution in [-0.4, -0.2) is 34.1 Å². The Morgan fingerprint density at radius 2 is 1.85 bits per heavy atom. The van der Waals surface area contributed by atoms with E-state index in [-0.39, 0.29) is 24.3 Å². The lowest BCUT2D eigenvalue weighted by Gasteiger charge is -2.32. The van der Waals surface area contributed by atoms with Crippen LogP contribution in [0.5, 0.6) is 5.75 Å². The summed E-state index contributed by atoms with van der Waals surface area (Å²) in [5, 5.41) is 1.74. The Kier molecular flexibility index (Phi) is 6.01. The number of benzene rings is 1. The Bertz CT molecular complexity index is 854. The van der Waals surface area contributed by atoms with E-state index in [9.17, 15) is 4.39 Å². The first-order valence-corrected chi connectivity index (χ1v) is 8.59. The van der Waals surface area contributed by atoms with Crippen LogP contribution >= 0.6 is 12.4 Å². The first-order valence-electron chi connectivity index (χ1n) is 8.59. The lowest BCUT2D eigenvalue weighted by atomic mass is 10.1. The zero-order valence-electron chi connectivity index (χ0n) is 14.3. The molecule has 0 N–H and O–H groups in total. The van der Waals surface area contributed by atoms with Crippen LogP contribution in [0.1, 0.15) is 18.4 Å². The molecule has 136 valence electrons. The number of aromatic nitrogens is 2. The molecule has 0 amide bonds.